The number of benzene rings is 1. The lowest BCUT2D eigenvalue weighted by Crippen LogP contribution is -2.35. The molecule has 3 rings (SSSR count). The Labute approximate surface area is 106 Å². The molecule has 2 N–H and O–H groups in total. The maximum Gasteiger partial charge on any atom is 0.222 e. The molecule has 88 valence electrons. The molecule has 1 aliphatic rings. The van der Waals surface area contributed by atoms with E-state index in [0.29, 0.717) is 29.6 Å². The number of rotatable bonds is 1. The van der Waals surface area contributed by atoms with E-state index < -0.39 is 5.60 Å². The van der Waals surface area contributed by atoms with Crippen LogP contribution in [-0.2, 0) is 5.60 Å². The van der Waals surface area contributed by atoms with Crippen LogP contribution in [0, 0.1) is 0 Å². The largest absolute Gasteiger partial charge is 0.493 e. The van der Waals surface area contributed by atoms with Gasteiger partial charge in [0.25, 0.3) is 0 Å². The molecule has 1 aromatic carbocycles. The Morgan fingerprint density at radius 2 is 2.00 bits per heavy atom. The smallest absolute Gasteiger partial charge is 0.222 e. The maximum absolute atomic E-state index is 10.2. The normalized spacial score (nSPS) is 18.0. The van der Waals surface area contributed by atoms with Gasteiger partial charge in [0.05, 0.1) is 10.9 Å². The fraction of sp³-hybridized carbons (Fsp3) is 0.333. The van der Waals surface area contributed by atoms with E-state index in [1.54, 1.807) is 12.1 Å². The zero-order chi connectivity index (χ0) is 12.0. The van der Waals surface area contributed by atoms with E-state index in [2.05, 4.69) is 25.9 Å². The van der Waals surface area contributed by atoms with Crippen LogP contribution in [0.25, 0.3) is 10.9 Å². The number of halogens is 1. The first-order valence-electron chi connectivity index (χ1n) is 5.48. The van der Waals surface area contributed by atoms with E-state index in [1.807, 2.05) is 6.07 Å². The summed E-state index contributed by atoms with van der Waals surface area (Å²) in [6.45, 7) is 0. The van der Waals surface area contributed by atoms with Crippen molar-refractivity contribution in [3.63, 3.8) is 0 Å². The van der Waals surface area contributed by atoms with Crippen LogP contribution in [0.15, 0.2) is 22.7 Å². The molecule has 0 spiro atoms. The van der Waals surface area contributed by atoms with Gasteiger partial charge in [0.15, 0.2) is 5.82 Å². The minimum absolute atomic E-state index is 0.0772. The molecule has 1 saturated carbocycles. The average Bonchev–Trinajstić information content (AvgIpc) is 2.26. The summed E-state index contributed by atoms with van der Waals surface area (Å²) in [5.41, 5.74) is -0.297. The van der Waals surface area contributed by atoms with Gasteiger partial charge < -0.3 is 10.2 Å². The molecule has 1 fully saturated rings. The number of nitrogens with zero attached hydrogens (tertiary/aromatic N) is 2. The Kier molecular flexibility index (Phi) is 2.34. The van der Waals surface area contributed by atoms with Crippen LogP contribution in [-0.4, -0.2) is 20.2 Å². The summed E-state index contributed by atoms with van der Waals surface area (Å²) in [4.78, 5) is 8.34. The third-order valence-corrected chi connectivity index (χ3v) is 3.73. The number of hydrogen-bond donors (Lipinski definition) is 2. The van der Waals surface area contributed by atoms with Crippen LogP contribution in [0.5, 0.6) is 5.88 Å². The highest BCUT2D eigenvalue weighted by atomic mass is 79.9. The van der Waals surface area contributed by atoms with Crippen molar-refractivity contribution in [2.45, 2.75) is 24.9 Å². The lowest BCUT2D eigenvalue weighted by molar-refractivity contribution is -0.0468. The molecule has 0 bridgehead atoms. The standard InChI is InChI=1S/C12H11BrN2O2/c13-7-2-3-9-8(6-7)10(16)15-11(14-9)12(17)4-1-5-12/h2-3,6,17H,1,4-5H2,(H,14,15,16). The number of fused-ring (bicyclic) bond motifs is 1. The van der Waals surface area contributed by atoms with Crippen molar-refractivity contribution in [3.8, 4) is 5.88 Å². The van der Waals surface area contributed by atoms with E-state index in [4.69, 9.17) is 0 Å². The van der Waals surface area contributed by atoms with Crippen molar-refractivity contribution in [3.05, 3.63) is 28.5 Å². The molecule has 5 heteroatoms. The Hall–Kier alpha value is -1.20. The van der Waals surface area contributed by atoms with Gasteiger partial charge >= 0.3 is 0 Å². The highest BCUT2D eigenvalue weighted by Gasteiger charge is 2.39. The molecule has 0 unspecified atom stereocenters. The quantitative estimate of drug-likeness (QED) is 0.848. The third-order valence-electron chi connectivity index (χ3n) is 3.23. The molecule has 0 aliphatic heterocycles. The van der Waals surface area contributed by atoms with Crippen molar-refractivity contribution in [2.24, 2.45) is 0 Å². The van der Waals surface area contributed by atoms with Crippen molar-refractivity contribution < 1.29 is 10.2 Å². The van der Waals surface area contributed by atoms with E-state index in [1.165, 1.54) is 0 Å². The SMILES string of the molecule is Oc1nc(C2(O)CCC2)nc2ccc(Br)cc12. The second-order valence-corrected chi connectivity index (χ2v) is 5.33. The number of hydrogen-bond acceptors (Lipinski definition) is 4. The predicted molar refractivity (Wildman–Crippen MR) is 66.7 cm³/mol. The summed E-state index contributed by atoms with van der Waals surface area (Å²) in [5.74, 6) is 0.252. The molecule has 2 aromatic rings. The van der Waals surface area contributed by atoms with Gasteiger partial charge in [-0.1, -0.05) is 15.9 Å². The number of aliphatic hydroxyl groups is 1. The summed E-state index contributed by atoms with van der Waals surface area (Å²) >= 11 is 3.33. The summed E-state index contributed by atoms with van der Waals surface area (Å²) in [7, 11) is 0. The summed E-state index contributed by atoms with van der Waals surface area (Å²) in [6, 6.07) is 5.41. The molecule has 0 amide bonds. The minimum Gasteiger partial charge on any atom is -0.493 e. The first-order valence-corrected chi connectivity index (χ1v) is 6.27. The summed E-state index contributed by atoms with van der Waals surface area (Å²) < 4.78 is 0.860. The molecule has 4 nitrogen and oxygen atoms in total. The molecule has 1 aliphatic carbocycles. The zero-order valence-electron chi connectivity index (χ0n) is 9.02. The van der Waals surface area contributed by atoms with Crippen LogP contribution >= 0.6 is 15.9 Å². The number of aromatic nitrogens is 2. The van der Waals surface area contributed by atoms with Crippen LogP contribution in [0.4, 0.5) is 0 Å². The van der Waals surface area contributed by atoms with E-state index in [9.17, 15) is 10.2 Å². The first-order chi connectivity index (χ1) is 8.08. The fourth-order valence-electron chi connectivity index (χ4n) is 2.03. The molecule has 0 atom stereocenters. The Bertz CT molecular complexity index is 596. The highest BCUT2D eigenvalue weighted by Crippen LogP contribution is 2.40. The Morgan fingerprint density at radius 3 is 2.65 bits per heavy atom. The Balaban J connectivity index is 2.20. The lowest BCUT2D eigenvalue weighted by atomic mass is 9.79. The fourth-order valence-corrected chi connectivity index (χ4v) is 2.39. The van der Waals surface area contributed by atoms with Crippen LogP contribution in [0.3, 0.4) is 0 Å². The molecular weight excluding hydrogens is 284 g/mol. The molecule has 17 heavy (non-hydrogen) atoms. The maximum atomic E-state index is 10.2. The van der Waals surface area contributed by atoms with Gasteiger partial charge in [0, 0.05) is 4.47 Å². The van der Waals surface area contributed by atoms with Crippen LogP contribution in [0.1, 0.15) is 25.1 Å². The summed E-state index contributed by atoms with van der Waals surface area (Å²) in [5, 5.41) is 20.6. The summed E-state index contributed by atoms with van der Waals surface area (Å²) in [6.07, 6.45) is 2.29. The minimum atomic E-state index is -0.946. The predicted octanol–water partition coefficient (Wildman–Crippen LogP) is 2.47. The second-order valence-electron chi connectivity index (χ2n) is 4.42. The van der Waals surface area contributed by atoms with Gasteiger partial charge in [-0.3, -0.25) is 0 Å². The molecular formula is C12H11BrN2O2. The van der Waals surface area contributed by atoms with E-state index in [-0.39, 0.29) is 5.88 Å². The van der Waals surface area contributed by atoms with Gasteiger partial charge in [-0.25, -0.2) is 4.98 Å². The monoisotopic (exact) mass is 294 g/mol. The molecule has 1 heterocycles. The molecule has 0 saturated heterocycles. The van der Waals surface area contributed by atoms with Gasteiger partial charge in [-0.15, -0.1) is 0 Å². The van der Waals surface area contributed by atoms with E-state index >= 15 is 0 Å². The van der Waals surface area contributed by atoms with Gasteiger partial charge in [0.2, 0.25) is 5.88 Å². The number of aromatic hydroxyl groups is 1. The molecule has 1 aromatic heterocycles. The van der Waals surface area contributed by atoms with Crippen molar-refractivity contribution in [1.29, 1.82) is 0 Å². The topological polar surface area (TPSA) is 66.2 Å². The van der Waals surface area contributed by atoms with Crippen molar-refractivity contribution in [1.82, 2.24) is 9.97 Å². The second kappa shape index (κ2) is 3.65. The average molecular weight is 295 g/mol. The van der Waals surface area contributed by atoms with Crippen LogP contribution < -0.4 is 0 Å². The van der Waals surface area contributed by atoms with Gasteiger partial charge in [0.1, 0.15) is 5.60 Å². The zero-order valence-corrected chi connectivity index (χ0v) is 10.6. The molecule has 0 radical (unpaired) electrons. The highest BCUT2D eigenvalue weighted by molar-refractivity contribution is 9.10. The van der Waals surface area contributed by atoms with Crippen molar-refractivity contribution in [2.75, 3.05) is 0 Å². The Morgan fingerprint density at radius 1 is 1.24 bits per heavy atom. The van der Waals surface area contributed by atoms with E-state index in [0.717, 1.165) is 10.9 Å². The van der Waals surface area contributed by atoms with Crippen molar-refractivity contribution >= 4 is 26.8 Å². The van der Waals surface area contributed by atoms with Gasteiger partial charge in [-0.2, -0.15) is 4.98 Å². The van der Waals surface area contributed by atoms with Crippen LogP contribution in [0.2, 0.25) is 0 Å². The first kappa shape index (κ1) is 10.9. The lowest BCUT2D eigenvalue weighted by Gasteiger charge is -2.34. The van der Waals surface area contributed by atoms with Gasteiger partial charge in [-0.05, 0) is 37.5 Å². The third kappa shape index (κ3) is 1.70.